The fraction of sp³-hybridized carbons (Fsp3) is 0.524. The van der Waals surface area contributed by atoms with Gasteiger partial charge < -0.3 is 14.2 Å². The molecule has 1 spiro atoms. The van der Waals surface area contributed by atoms with Crippen molar-refractivity contribution in [3.8, 4) is 10.7 Å². The number of hydrogen-bond donors (Lipinski definition) is 1. The Kier molecular flexibility index (Phi) is 4.40. The Morgan fingerprint density at radius 1 is 1.32 bits per heavy atom. The normalized spacial score (nSPS) is 30.1. The highest BCUT2D eigenvalue weighted by Crippen LogP contribution is 2.49. The molecule has 1 saturated heterocycles. The van der Waals surface area contributed by atoms with Crippen molar-refractivity contribution in [3.05, 3.63) is 21.8 Å². The molecule has 31 heavy (non-hydrogen) atoms. The Morgan fingerprint density at radius 2 is 2.19 bits per heavy atom. The summed E-state index contributed by atoms with van der Waals surface area (Å²) in [6, 6.07) is 0.105. The zero-order chi connectivity index (χ0) is 21.3. The molecule has 3 aromatic rings. The molecule has 0 saturated carbocycles. The van der Waals surface area contributed by atoms with E-state index in [1.807, 2.05) is 12.3 Å². The van der Waals surface area contributed by atoms with Crippen LogP contribution in [0.25, 0.3) is 21.8 Å². The van der Waals surface area contributed by atoms with Crippen molar-refractivity contribution in [1.29, 1.82) is 0 Å². The number of nitrogens with zero attached hydrogens (tertiary/aromatic N) is 5. The highest BCUT2D eigenvalue weighted by Gasteiger charge is 2.53. The largest absolute Gasteiger partial charge is 0.372 e. The molecule has 8 nitrogen and oxygen atoms in total. The first-order valence-electron chi connectivity index (χ1n) is 10.5. The van der Waals surface area contributed by atoms with E-state index in [2.05, 4.69) is 45.4 Å². The number of aryl methyl sites for hydroxylation is 1. The lowest BCUT2D eigenvalue weighted by Gasteiger charge is -2.55. The van der Waals surface area contributed by atoms with Gasteiger partial charge in [0, 0.05) is 42.2 Å². The van der Waals surface area contributed by atoms with E-state index in [4.69, 9.17) is 25.8 Å². The van der Waals surface area contributed by atoms with Crippen LogP contribution in [0, 0.1) is 12.3 Å². The van der Waals surface area contributed by atoms with Crippen molar-refractivity contribution in [2.75, 3.05) is 24.7 Å². The first-order chi connectivity index (χ1) is 15.0. The zero-order valence-corrected chi connectivity index (χ0v) is 19.1. The maximum Gasteiger partial charge on any atom is 0.206 e. The van der Waals surface area contributed by atoms with Crippen LogP contribution in [-0.2, 0) is 11.2 Å². The Morgan fingerprint density at radius 3 is 2.94 bits per heavy atom. The molecule has 4 atom stereocenters. The average molecular weight is 459 g/mol. The third-order valence-electron chi connectivity index (χ3n) is 6.48. The third-order valence-corrected chi connectivity index (χ3v) is 7.79. The summed E-state index contributed by atoms with van der Waals surface area (Å²) in [6.45, 7) is 8.39. The van der Waals surface area contributed by atoms with E-state index < -0.39 is 0 Å². The molecule has 0 radical (unpaired) electrons. The first-order valence-corrected chi connectivity index (χ1v) is 11.8. The second-order valence-corrected chi connectivity index (χ2v) is 10.0. The first kappa shape index (κ1) is 19.6. The Hall–Kier alpha value is -2.07. The number of halogens is 1. The molecule has 1 fully saturated rings. The minimum atomic E-state index is -0.218. The topological polar surface area (TPSA) is 88.7 Å². The predicted octanol–water partition coefficient (Wildman–Crippen LogP) is 3.46. The number of aliphatic imine (C=N–C) groups is 1. The number of morpholine rings is 1. The van der Waals surface area contributed by atoms with Gasteiger partial charge in [0.1, 0.15) is 15.5 Å². The minimum absolute atomic E-state index is 0.0265. The zero-order valence-electron chi connectivity index (χ0n) is 17.6. The summed E-state index contributed by atoms with van der Waals surface area (Å²) in [5, 5.41) is 11.1. The minimum Gasteiger partial charge on any atom is -0.372 e. The van der Waals surface area contributed by atoms with E-state index in [0.717, 1.165) is 41.6 Å². The number of nitrogens with one attached hydrogen (secondary N) is 1. The summed E-state index contributed by atoms with van der Waals surface area (Å²) < 4.78 is 12.0. The van der Waals surface area contributed by atoms with Crippen molar-refractivity contribution < 1.29 is 9.26 Å². The Bertz CT molecular complexity index is 1210. The predicted molar refractivity (Wildman–Crippen MR) is 121 cm³/mol. The van der Waals surface area contributed by atoms with Crippen LogP contribution >= 0.6 is 22.9 Å². The summed E-state index contributed by atoms with van der Waals surface area (Å²) in [4.78, 5) is 16.6. The third kappa shape index (κ3) is 2.87. The monoisotopic (exact) mass is 458 g/mol. The average Bonchev–Trinajstić information content (AvgIpc) is 3.34. The van der Waals surface area contributed by atoms with E-state index in [-0.39, 0.29) is 23.7 Å². The number of thiazole rings is 1. The van der Waals surface area contributed by atoms with Gasteiger partial charge in [-0.3, -0.25) is 10.3 Å². The molecule has 1 unspecified atom stereocenters. The van der Waals surface area contributed by atoms with Crippen LogP contribution in [0.2, 0.25) is 5.02 Å². The summed E-state index contributed by atoms with van der Waals surface area (Å²) >= 11 is 8.52. The summed E-state index contributed by atoms with van der Waals surface area (Å²) in [6.07, 6.45) is 2.94. The van der Waals surface area contributed by atoms with Crippen molar-refractivity contribution in [1.82, 2.24) is 20.4 Å². The number of rotatable bonds is 1. The SMILES string of the molecule is Cc1csc(-c2noc3c(Cl)c4c(nc23)CC2(C=NCNC2)[C@@H]2[C@@H](C)O[C@@H](C)CN42)n1. The quantitative estimate of drug-likeness (QED) is 0.597. The number of fused-ring (bicyclic) bond motifs is 5. The number of ether oxygens (including phenoxy) is 1. The van der Waals surface area contributed by atoms with Crippen LogP contribution in [0.5, 0.6) is 0 Å². The lowest BCUT2D eigenvalue weighted by atomic mass is 9.70. The number of anilines is 1. The molecule has 3 aliphatic rings. The van der Waals surface area contributed by atoms with E-state index in [1.165, 1.54) is 11.3 Å². The number of aromatic nitrogens is 3. The molecular weight excluding hydrogens is 436 g/mol. The molecule has 162 valence electrons. The van der Waals surface area contributed by atoms with Crippen LogP contribution < -0.4 is 10.2 Å². The van der Waals surface area contributed by atoms with Crippen molar-refractivity contribution in [2.45, 2.75) is 45.4 Å². The summed E-state index contributed by atoms with van der Waals surface area (Å²) in [7, 11) is 0. The van der Waals surface area contributed by atoms with E-state index in [0.29, 0.717) is 28.5 Å². The lowest BCUT2D eigenvalue weighted by Crippen LogP contribution is -2.67. The van der Waals surface area contributed by atoms with Gasteiger partial charge >= 0.3 is 0 Å². The van der Waals surface area contributed by atoms with Gasteiger partial charge in [0.25, 0.3) is 0 Å². The molecule has 0 aromatic carbocycles. The molecule has 0 bridgehead atoms. The lowest BCUT2D eigenvalue weighted by molar-refractivity contribution is -0.0522. The molecule has 3 aliphatic heterocycles. The van der Waals surface area contributed by atoms with Gasteiger partial charge in [-0.2, -0.15) is 0 Å². The van der Waals surface area contributed by atoms with Crippen LogP contribution in [0.1, 0.15) is 25.2 Å². The smallest absolute Gasteiger partial charge is 0.206 e. The summed E-state index contributed by atoms with van der Waals surface area (Å²) in [5.74, 6) is 0. The van der Waals surface area contributed by atoms with E-state index in [1.54, 1.807) is 0 Å². The molecule has 0 aliphatic carbocycles. The van der Waals surface area contributed by atoms with Gasteiger partial charge in [0.05, 0.1) is 36.3 Å². The van der Waals surface area contributed by atoms with Gasteiger partial charge in [0.2, 0.25) is 5.58 Å². The fourth-order valence-electron chi connectivity index (χ4n) is 5.44. The second kappa shape index (κ2) is 6.96. The summed E-state index contributed by atoms with van der Waals surface area (Å²) in [5.41, 5.74) is 4.44. The Balaban J connectivity index is 1.58. The second-order valence-electron chi connectivity index (χ2n) is 8.78. The van der Waals surface area contributed by atoms with E-state index >= 15 is 0 Å². The van der Waals surface area contributed by atoms with Gasteiger partial charge in [-0.1, -0.05) is 16.8 Å². The molecule has 0 amide bonds. The van der Waals surface area contributed by atoms with Crippen molar-refractivity contribution in [3.63, 3.8) is 0 Å². The molecule has 6 heterocycles. The number of pyridine rings is 1. The maximum absolute atomic E-state index is 6.99. The van der Waals surface area contributed by atoms with Crippen molar-refractivity contribution >= 4 is 45.9 Å². The Labute approximate surface area is 188 Å². The van der Waals surface area contributed by atoms with E-state index in [9.17, 15) is 0 Å². The molecule has 10 heteroatoms. The van der Waals surface area contributed by atoms with Gasteiger partial charge in [-0.05, 0) is 20.8 Å². The molecule has 1 N–H and O–H groups in total. The molecule has 3 aromatic heterocycles. The van der Waals surface area contributed by atoms with Gasteiger partial charge in [0.15, 0.2) is 5.69 Å². The van der Waals surface area contributed by atoms with Crippen LogP contribution in [0.15, 0.2) is 14.9 Å². The van der Waals surface area contributed by atoms with Gasteiger partial charge in [-0.15, -0.1) is 11.3 Å². The maximum atomic E-state index is 6.99. The molecule has 6 rings (SSSR count). The van der Waals surface area contributed by atoms with Crippen LogP contribution in [-0.4, -0.2) is 59.3 Å². The number of hydrogen-bond acceptors (Lipinski definition) is 9. The van der Waals surface area contributed by atoms with Crippen molar-refractivity contribution in [2.24, 2.45) is 10.4 Å². The molecular formula is C21H23ClN6O2S. The highest BCUT2D eigenvalue weighted by molar-refractivity contribution is 7.13. The fourth-order valence-corrected chi connectivity index (χ4v) is 6.56. The standard InChI is InChI=1S/C21H23ClN6O2S/c1-10-6-31-20(25-10)16-15-18(30-27-16)14(22)17-13(26-15)4-21(7-23-9-24-8-21)19-12(3)29-11(2)5-28(17)19/h6-7,11-12,19,24H,4-5,8-9H2,1-3H3/t11-,12+,19-,21?/m0/s1. The van der Waals surface area contributed by atoms with Gasteiger partial charge in [-0.25, -0.2) is 9.97 Å². The van der Waals surface area contributed by atoms with Crippen LogP contribution in [0.4, 0.5) is 5.69 Å². The highest BCUT2D eigenvalue weighted by atomic mass is 35.5. The van der Waals surface area contributed by atoms with Crippen LogP contribution in [0.3, 0.4) is 0 Å².